The molecule has 0 spiro atoms. The van der Waals surface area contributed by atoms with Gasteiger partial charge < -0.3 is 28.4 Å². The molecular weight excluding hydrogens is 1350 g/mol. The van der Waals surface area contributed by atoms with Crippen LogP contribution >= 0.6 is 0 Å². The first kappa shape index (κ1) is 85.9. The number of carbonyl (C=O) groups excluding carboxylic acids is 3. The van der Waals surface area contributed by atoms with E-state index in [4.69, 9.17) is 61.6 Å². The van der Waals surface area contributed by atoms with Crippen molar-refractivity contribution in [1.82, 2.24) is 0 Å². The summed E-state index contributed by atoms with van der Waals surface area (Å²) in [6.07, 6.45) is 0. The van der Waals surface area contributed by atoms with E-state index in [2.05, 4.69) is 60.2 Å². The van der Waals surface area contributed by atoms with Gasteiger partial charge in [0.1, 0.15) is 34.5 Å². The Kier molecular flexibility index (Phi) is 40.0. The third-order valence-corrected chi connectivity index (χ3v) is 18.9. The van der Waals surface area contributed by atoms with E-state index in [1.54, 1.807) is 114 Å². The lowest BCUT2D eigenvalue weighted by molar-refractivity contribution is 0.0932. The minimum atomic E-state index is -3.26. The molecule has 0 bridgehead atoms. The molecule has 0 aliphatic carbocycles. The monoisotopic (exact) mass is 1420 g/mol. The molecule has 0 fully saturated rings. The molecule has 0 saturated carbocycles. The fourth-order valence-electron chi connectivity index (χ4n) is 6.91. The Labute approximate surface area is 573 Å². The number of hydrogen-bond acceptors (Lipinski definition) is 21. The number of sulfone groups is 3. The number of nitrogens with zero attached hydrogens (tertiary/aromatic N) is 18. The Balaban J connectivity index is 0.000000594. The second-order valence-corrected chi connectivity index (χ2v) is 28.9. The van der Waals surface area contributed by atoms with Crippen molar-refractivity contribution in [1.29, 1.82) is 0 Å². The van der Waals surface area contributed by atoms with E-state index in [0.717, 1.165) is 0 Å². The zero-order valence-corrected chi connectivity index (χ0v) is 58.9. The van der Waals surface area contributed by atoms with E-state index in [1.165, 1.54) is 72.8 Å². The molecule has 0 saturated heterocycles. The van der Waals surface area contributed by atoms with Crippen LogP contribution in [-0.2, 0) is 29.5 Å². The van der Waals surface area contributed by atoms with Crippen LogP contribution in [0.25, 0.3) is 62.7 Å². The number of Topliss-reactive ketones (excluding diaryl/α,β-unsaturated/α-hetero) is 3. The van der Waals surface area contributed by atoms with Gasteiger partial charge in [-0.3, -0.25) is 14.4 Å². The Morgan fingerprint density at radius 1 is 0.283 bits per heavy atom. The molecule has 6 aromatic rings. The molecule has 0 radical (unpaired) electrons. The summed E-state index contributed by atoms with van der Waals surface area (Å²) in [5.74, 6) is 3.35. The lowest BCUT2D eigenvalue weighted by Gasteiger charge is -2.08. The summed E-state index contributed by atoms with van der Waals surface area (Å²) in [7, 11) is -9.77. The normalized spacial score (nSPS) is 10.4. The SMILES string of the molecule is CC(C)C(=O)c1ccc(OCN=[N+]=[N-])cc1.CC(C)C(=O)c1ccc(OCN=[N+]=[N-])cc1.CC(C)C(=O)c1ccc(OCN=[N+]=[N-])cc1.CC(C)S(=O)(=O)c1ccc(OCN=[N+]=[N-])cc1.CC(C)S(=O)(=O)c1ccc(OCN=[N+]=[N-])cc1.CC(C)S(=O)(=O)c1ccc(OCN=[N+]=[N-])cc1. The van der Waals surface area contributed by atoms with Crippen LogP contribution in [0.4, 0.5) is 0 Å². The molecule has 0 aliphatic heterocycles. The average Bonchev–Trinajstić information content (AvgIpc) is 0.869. The highest BCUT2D eigenvalue weighted by molar-refractivity contribution is 7.92. The van der Waals surface area contributed by atoms with Gasteiger partial charge in [-0.1, -0.05) is 72.2 Å². The Morgan fingerprint density at radius 3 is 0.545 bits per heavy atom. The summed E-state index contributed by atoms with van der Waals surface area (Å²) < 4.78 is 101. The predicted molar refractivity (Wildman–Crippen MR) is 371 cm³/mol. The van der Waals surface area contributed by atoms with Gasteiger partial charge in [-0.15, -0.1) is 0 Å². The van der Waals surface area contributed by atoms with E-state index in [-0.39, 0.29) is 90.2 Å². The average molecular weight is 1420 g/mol. The van der Waals surface area contributed by atoms with Gasteiger partial charge in [0.2, 0.25) is 0 Å². The molecule has 0 amide bonds. The zero-order valence-electron chi connectivity index (χ0n) is 56.5. The number of carbonyl (C=O) groups is 3. The second kappa shape index (κ2) is 46.1. The van der Waals surface area contributed by atoms with Crippen molar-refractivity contribution in [2.45, 2.75) is 114 Å². The molecule has 0 N–H and O–H groups in total. The van der Waals surface area contributed by atoms with Crippen molar-refractivity contribution >= 4 is 46.9 Å². The largest absolute Gasteiger partial charge is 0.488 e. The molecule has 99 heavy (non-hydrogen) atoms. The lowest BCUT2D eigenvalue weighted by atomic mass is 10.0. The van der Waals surface area contributed by atoms with Crippen LogP contribution in [0.15, 0.2) is 191 Å². The molecule has 0 unspecified atom stereocenters. The molecule has 0 atom stereocenters. The van der Waals surface area contributed by atoms with Crippen LogP contribution in [0, 0.1) is 17.8 Å². The van der Waals surface area contributed by atoms with Crippen molar-refractivity contribution in [3.05, 3.63) is 225 Å². The Hall–Kier alpha value is -11.2. The van der Waals surface area contributed by atoms with Crippen molar-refractivity contribution in [2.24, 2.45) is 48.4 Å². The van der Waals surface area contributed by atoms with Gasteiger partial charge in [-0.25, -0.2) is 25.3 Å². The first-order valence-electron chi connectivity index (χ1n) is 29.7. The molecule has 33 nitrogen and oxygen atoms in total. The van der Waals surface area contributed by atoms with Crippen LogP contribution in [0.1, 0.15) is 114 Å². The summed E-state index contributed by atoms with van der Waals surface area (Å²) >= 11 is 0. The molecule has 6 rings (SSSR count). The van der Waals surface area contributed by atoms with E-state index in [9.17, 15) is 39.6 Å². The van der Waals surface area contributed by atoms with Gasteiger partial charge in [-0.2, -0.15) is 0 Å². The number of benzene rings is 6. The summed E-state index contributed by atoms with van der Waals surface area (Å²) in [6, 6.07) is 38.3. The van der Waals surface area contributed by atoms with Crippen molar-refractivity contribution in [3.63, 3.8) is 0 Å². The number of rotatable bonds is 30. The minimum absolute atomic E-state index is 0.0186. The van der Waals surface area contributed by atoms with E-state index < -0.39 is 45.3 Å². The number of hydrogen-bond donors (Lipinski definition) is 0. The fourth-order valence-corrected chi connectivity index (χ4v) is 10.1. The van der Waals surface area contributed by atoms with Crippen LogP contribution in [-0.4, -0.2) is 98.7 Å². The first-order valence-corrected chi connectivity index (χ1v) is 34.3. The maximum absolute atomic E-state index is 11.8. The van der Waals surface area contributed by atoms with Gasteiger partial charge >= 0.3 is 0 Å². The van der Waals surface area contributed by atoms with Gasteiger partial charge in [0.05, 0.1) is 30.4 Å². The summed E-state index contributed by atoms with van der Waals surface area (Å²) in [5, 5.41) is 18.0. The maximum atomic E-state index is 11.8. The third-order valence-electron chi connectivity index (χ3n) is 12.4. The van der Waals surface area contributed by atoms with Gasteiger partial charge in [-0.05, 0) is 220 Å². The second-order valence-electron chi connectivity index (χ2n) is 21.4. The zero-order chi connectivity index (χ0) is 74.6. The fraction of sp³-hybridized carbons (Fsp3) is 0.381. The summed E-state index contributed by atoms with van der Waals surface area (Å²) in [4.78, 5) is 50.9. The third kappa shape index (κ3) is 32.4. The quantitative estimate of drug-likeness (QED) is 0.0175. The van der Waals surface area contributed by atoms with Gasteiger partial charge in [0.25, 0.3) is 0 Å². The maximum Gasteiger partial charge on any atom is 0.180 e. The molecule has 528 valence electrons. The van der Waals surface area contributed by atoms with Crippen LogP contribution in [0.2, 0.25) is 0 Å². The Bertz CT molecular complexity index is 3740. The molecular formula is C63H78N18O15S3. The molecule has 0 aromatic heterocycles. The number of azide groups is 6. The van der Waals surface area contributed by atoms with Gasteiger partial charge in [0, 0.05) is 63.9 Å². The topological polar surface area (TPSA) is 502 Å². The van der Waals surface area contributed by atoms with Crippen LogP contribution in [0.3, 0.4) is 0 Å². The first-order chi connectivity index (χ1) is 46.9. The van der Waals surface area contributed by atoms with Gasteiger partial charge in [0.15, 0.2) is 87.2 Å². The van der Waals surface area contributed by atoms with E-state index in [1.807, 2.05) is 41.5 Å². The van der Waals surface area contributed by atoms with Crippen molar-refractivity contribution < 1.29 is 68.1 Å². The molecule has 36 heteroatoms. The highest BCUT2D eigenvalue weighted by atomic mass is 32.2. The minimum Gasteiger partial charge on any atom is -0.488 e. The highest BCUT2D eigenvalue weighted by Gasteiger charge is 2.21. The number of ether oxygens (including phenoxy) is 6. The number of ketones is 3. The van der Waals surface area contributed by atoms with Crippen molar-refractivity contribution in [3.8, 4) is 34.5 Å². The standard InChI is InChI=1S/3C11H13N3O2.3C10H13N3O3S/c3*1-8(2)11(15)9-3-5-10(6-4-9)16-7-13-14-12;3*1-8(2)17(14,15)10-5-3-9(4-6-10)16-7-12-13-11/h3*3-6,8H,7H2,1-2H3;3*3-6,8H,7H2,1-2H3. The molecule has 6 aromatic carbocycles. The van der Waals surface area contributed by atoms with E-state index >= 15 is 0 Å². The highest BCUT2D eigenvalue weighted by Crippen LogP contribution is 2.24. The predicted octanol–water partition coefficient (Wildman–Crippen LogP) is 17.1. The van der Waals surface area contributed by atoms with Crippen LogP contribution < -0.4 is 28.4 Å². The molecule has 0 heterocycles. The molecule has 0 aliphatic rings. The van der Waals surface area contributed by atoms with Crippen LogP contribution in [0.5, 0.6) is 34.5 Å². The lowest BCUT2D eigenvalue weighted by Crippen LogP contribution is -2.13. The van der Waals surface area contributed by atoms with Crippen molar-refractivity contribution in [2.75, 3.05) is 40.4 Å². The van der Waals surface area contributed by atoms with E-state index in [0.29, 0.717) is 51.2 Å². The summed E-state index contributed by atoms with van der Waals surface area (Å²) in [6.45, 7) is 20.4. The Morgan fingerprint density at radius 2 is 0.424 bits per heavy atom. The smallest absolute Gasteiger partial charge is 0.180 e. The summed E-state index contributed by atoms with van der Waals surface area (Å²) in [5.41, 5.74) is 50.3.